The number of nitrogens with two attached hydrogens (primary N) is 1. The molecule has 19 heavy (non-hydrogen) atoms. The third kappa shape index (κ3) is 6.64. The van der Waals surface area contributed by atoms with Gasteiger partial charge in [-0.25, -0.2) is 0 Å². The van der Waals surface area contributed by atoms with Crippen LogP contribution < -0.4 is 11.1 Å². The van der Waals surface area contributed by atoms with E-state index in [-0.39, 0.29) is 5.91 Å². The number of thioether (sulfide) groups is 1. The summed E-state index contributed by atoms with van der Waals surface area (Å²) in [5, 5.41) is 2.90. The van der Waals surface area contributed by atoms with Gasteiger partial charge in [0.1, 0.15) is 6.04 Å². The Morgan fingerprint density at radius 3 is 2.58 bits per heavy atom. The van der Waals surface area contributed by atoms with Crippen molar-refractivity contribution in [2.45, 2.75) is 31.7 Å². The summed E-state index contributed by atoms with van der Waals surface area (Å²) in [7, 11) is 0. The second kappa shape index (κ2) is 9.87. The van der Waals surface area contributed by atoms with Crippen LogP contribution in [0.4, 0.5) is 0 Å². The molecular formula is C15H24N2OS. The third-order valence-electron chi connectivity index (χ3n) is 3.02. The van der Waals surface area contributed by atoms with Crippen LogP contribution in [0.2, 0.25) is 0 Å². The van der Waals surface area contributed by atoms with Gasteiger partial charge in [-0.3, -0.25) is 4.79 Å². The van der Waals surface area contributed by atoms with Crippen LogP contribution in [0.1, 0.15) is 37.3 Å². The quantitative estimate of drug-likeness (QED) is 0.684. The van der Waals surface area contributed by atoms with Crippen LogP contribution in [0.3, 0.4) is 0 Å². The Kier molecular flexibility index (Phi) is 8.34. The molecule has 0 aliphatic rings. The molecule has 0 aliphatic heterocycles. The van der Waals surface area contributed by atoms with E-state index in [1.807, 2.05) is 42.1 Å². The van der Waals surface area contributed by atoms with Crippen molar-refractivity contribution in [1.82, 2.24) is 5.32 Å². The van der Waals surface area contributed by atoms with Crippen LogP contribution in [-0.2, 0) is 4.79 Å². The number of amides is 1. The predicted molar refractivity (Wildman–Crippen MR) is 83.2 cm³/mol. The lowest BCUT2D eigenvalue weighted by molar-refractivity contribution is -0.122. The molecule has 0 radical (unpaired) electrons. The highest BCUT2D eigenvalue weighted by atomic mass is 32.2. The fourth-order valence-electron chi connectivity index (χ4n) is 1.86. The van der Waals surface area contributed by atoms with Crippen molar-refractivity contribution in [3.05, 3.63) is 35.9 Å². The molecule has 1 aromatic rings. The summed E-state index contributed by atoms with van der Waals surface area (Å²) < 4.78 is 0. The fraction of sp³-hybridized carbons (Fsp3) is 0.533. The lowest BCUT2D eigenvalue weighted by atomic mass is 10.1. The van der Waals surface area contributed by atoms with E-state index in [4.69, 9.17) is 5.73 Å². The van der Waals surface area contributed by atoms with E-state index in [0.717, 1.165) is 18.5 Å². The van der Waals surface area contributed by atoms with Gasteiger partial charge in [0.2, 0.25) is 5.91 Å². The summed E-state index contributed by atoms with van der Waals surface area (Å²) in [5.74, 6) is 1.14. The molecule has 0 saturated carbocycles. The monoisotopic (exact) mass is 280 g/mol. The minimum absolute atomic E-state index is 0.0877. The lowest BCUT2D eigenvalue weighted by Crippen LogP contribution is -2.34. The average molecular weight is 280 g/mol. The van der Waals surface area contributed by atoms with Crippen molar-refractivity contribution in [3.63, 3.8) is 0 Å². The van der Waals surface area contributed by atoms with E-state index in [1.165, 1.54) is 25.0 Å². The van der Waals surface area contributed by atoms with Crippen LogP contribution in [0.25, 0.3) is 0 Å². The van der Waals surface area contributed by atoms with Crippen LogP contribution in [0, 0.1) is 0 Å². The first kappa shape index (κ1) is 16.1. The molecular weight excluding hydrogens is 256 g/mol. The van der Waals surface area contributed by atoms with Crippen LogP contribution in [0.15, 0.2) is 30.3 Å². The largest absolute Gasteiger partial charge is 0.354 e. The van der Waals surface area contributed by atoms with Gasteiger partial charge in [0, 0.05) is 6.54 Å². The smallest absolute Gasteiger partial charge is 0.241 e. The molecule has 0 aliphatic carbocycles. The molecule has 0 bridgehead atoms. The molecule has 0 unspecified atom stereocenters. The number of hydrogen-bond acceptors (Lipinski definition) is 3. The van der Waals surface area contributed by atoms with E-state index in [2.05, 4.69) is 11.6 Å². The van der Waals surface area contributed by atoms with Gasteiger partial charge in [0.05, 0.1) is 0 Å². The zero-order chi connectivity index (χ0) is 13.9. The molecule has 0 saturated heterocycles. The van der Waals surface area contributed by atoms with Crippen molar-refractivity contribution in [2.75, 3.05) is 18.6 Å². The summed E-state index contributed by atoms with van der Waals surface area (Å²) in [4.78, 5) is 11.8. The van der Waals surface area contributed by atoms with E-state index in [1.54, 1.807) is 0 Å². The number of hydrogen-bond donors (Lipinski definition) is 2. The van der Waals surface area contributed by atoms with Crippen LogP contribution in [0.5, 0.6) is 0 Å². The number of rotatable bonds is 9. The second-order valence-electron chi connectivity index (χ2n) is 4.59. The summed E-state index contributed by atoms with van der Waals surface area (Å²) in [6, 6.07) is 8.92. The molecule has 4 heteroatoms. The maximum atomic E-state index is 11.8. The zero-order valence-corrected chi connectivity index (χ0v) is 12.4. The minimum atomic E-state index is -0.558. The van der Waals surface area contributed by atoms with Crippen molar-refractivity contribution in [2.24, 2.45) is 5.73 Å². The van der Waals surface area contributed by atoms with E-state index in [9.17, 15) is 4.79 Å². The topological polar surface area (TPSA) is 55.1 Å². The minimum Gasteiger partial charge on any atom is -0.354 e. The van der Waals surface area contributed by atoms with Crippen molar-refractivity contribution >= 4 is 17.7 Å². The van der Waals surface area contributed by atoms with Crippen LogP contribution >= 0.6 is 11.8 Å². The Morgan fingerprint density at radius 2 is 1.89 bits per heavy atom. The summed E-state index contributed by atoms with van der Waals surface area (Å²) in [5.41, 5.74) is 6.77. The number of unbranched alkanes of at least 4 members (excludes halogenated alkanes) is 3. The molecule has 1 amide bonds. The number of nitrogens with one attached hydrogen (secondary N) is 1. The van der Waals surface area contributed by atoms with E-state index < -0.39 is 6.04 Å². The van der Waals surface area contributed by atoms with Gasteiger partial charge < -0.3 is 11.1 Å². The number of carbonyl (C=O) groups is 1. The Morgan fingerprint density at radius 1 is 1.21 bits per heavy atom. The Balaban J connectivity index is 2.14. The predicted octanol–water partition coefficient (Wildman–Crippen LogP) is 2.73. The highest BCUT2D eigenvalue weighted by molar-refractivity contribution is 7.98. The van der Waals surface area contributed by atoms with Gasteiger partial charge in [-0.2, -0.15) is 11.8 Å². The van der Waals surface area contributed by atoms with Gasteiger partial charge in [0.25, 0.3) is 0 Å². The van der Waals surface area contributed by atoms with Gasteiger partial charge in [-0.05, 0) is 30.4 Å². The second-order valence-corrected chi connectivity index (χ2v) is 5.57. The molecule has 0 spiro atoms. The highest BCUT2D eigenvalue weighted by Crippen LogP contribution is 2.09. The molecule has 1 aromatic carbocycles. The van der Waals surface area contributed by atoms with Gasteiger partial charge >= 0.3 is 0 Å². The Bertz CT molecular complexity index is 356. The highest BCUT2D eigenvalue weighted by Gasteiger charge is 2.14. The molecule has 0 aromatic heterocycles. The first-order valence-electron chi connectivity index (χ1n) is 6.83. The summed E-state index contributed by atoms with van der Waals surface area (Å²) in [6.07, 6.45) is 6.83. The lowest BCUT2D eigenvalue weighted by Gasteiger charge is -2.12. The molecule has 1 rings (SSSR count). The number of carbonyl (C=O) groups excluding carboxylic acids is 1. The van der Waals surface area contributed by atoms with Crippen molar-refractivity contribution < 1.29 is 4.79 Å². The molecule has 1 atom stereocenters. The Hall–Kier alpha value is -1.00. The van der Waals surface area contributed by atoms with Crippen molar-refractivity contribution in [3.8, 4) is 0 Å². The number of benzene rings is 1. The zero-order valence-electron chi connectivity index (χ0n) is 11.6. The average Bonchev–Trinajstić information content (AvgIpc) is 2.46. The first-order valence-corrected chi connectivity index (χ1v) is 8.22. The maximum Gasteiger partial charge on any atom is 0.241 e. The third-order valence-corrected chi connectivity index (χ3v) is 3.71. The van der Waals surface area contributed by atoms with E-state index in [0.29, 0.717) is 0 Å². The van der Waals surface area contributed by atoms with Gasteiger partial charge in [0.15, 0.2) is 0 Å². The summed E-state index contributed by atoms with van der Waals surface area (Å²) in [6.45, 7) is 0.721. The molecule has 3 N–H and O–H groups in total. The van der Waals surface area contributed by atoms with E-state index >= 15 is 0 Å². The normalized spacial score (nSPS) is 12.1. The fourth-order valence-corrected chi connectivity index (χ4v) is 2.35. The molecule has 3 nitrogen and oxygen atoms in total. The Labute approximate surface area is 120 Å². The summed E-state index contributed by atoms with van der Waals surface area (Å²) >= 11 is 1.89. The molecule has 0 heterocycles. The van der Waals surface area contributed by atoms with Gasteiger partial charge in [-0.1, -0.05) is 43.2 Å². The maximum absolute atomic E-state index is 11.8. The SMILES string of the molecule is CSCCCCCCNC(=O)[C@H](N)c1ccccc1. The van der Waals surface area contributed by atoms with Crippen LogP contribution in [-0.4, -0.2) is 24.5 Å². The molecule has 106 valence electrons. The van der Waals surface area contributed by atoms with Crippen molar-refractivity contribution in [1.29, 1.82) is 0 Å². The molecule has 0 fully saturated rings. The first-order chi connectivity index (χ1) is 9.25. The standard InChI is InChI=1S/C15H24N2OS/c1-19-12-8-3-2-7-11-17-15(18)14(16)13-9-5-4-6-10-13/h4-6,9-10,14H,2-3,7-8,11-12,16H2,1H3,(H,17,18)/t14-/m1/s1. The van der Waals surface area contributed by atoms with Gasteiger partial charge in [-0.15, -0.1) is 0 Å².